The van der Waals surface area contributed by atoms with E-state index in [9.17, 15) is 0 Å². The predicted molar refractivity (Wildman–Crippen MR) is 52.8 cm³/mol. The molecule has 0 amide bonds. The van der Waals surface area contributed by atoms with E-state index in [1.165, 1.54) is 24.0 Å². The molecule has 1 saturated carbocycles. The van der Waals surface area contributed by atoms with Gasteiger partial charge in [0, 0.05) is 11.3 Å². The van der Waals surface area contributed by atoms with Gasteiger partial charge in [0.05, 0.1) is 0 Å². The molecule has 0 radical (unpaired) electrons. The second-order valence-corrected chi connectivity index (χ2v) is 4.05. The van der Waals surface area contributed by atoms with Crippen molar-refractivity contribution in [2.45, 2.75) is 25.2 Å². The molecule has 0 bridgehead atoms. The zero-order chi connectivity index (χ0) is 8.60. The third-order valence-corrected chi connectivity index (χ3v) is 3.28. The Morgan fingerprint density at radius 3 is 2.25 bits per heavy atom. The molecule has 1 aromatic rings. The van der Waals surface area contributed by atoms with Gasteiger partial charge in [-0.3, -0.25) is 0 Å². The summed E-state index contributed by atoms with van der Waals surface area (Å²) in [6.45, 7) is 2.12. The second kappa shape index (κ2) is 2.77. The van der Waals surface area contributed by atoms with Crippen LogP contribution in [0.2, 0.25) is 0 Å². The maximum atomic E-state index is 5.93. The SMILES string of the molecule is Cc1ccc(C2(CCl)CC2)cc1. The molecular weight excluding hydrogens is 168 g/mol. The summed E-state index contributed by atoms with van der Waals surface area (Å²) in [4.78, 5) is 0. The van der Waals surface area contributed by atoms with Crippen LogP contribution in [0.4, 0.5) is 0 Å². The van der Waals surface area contributed by atoms with Crippen molar-refractivity contribution in [3.63, 3.8) is 0 Å². The van der Waals surface area contributed by atoms with Crippen LogP contribution in [0.5, 0.6) is 0 Å². The first-order chi connectivity index (χ1) is 5.77. The minimum Gasteiger partial charge on any atom is -0.126 e. The minimum atomic E-state index is 0.343. The fourth-order valence-corrected chi connectivity index (χ4v) is 1.98. The Labute approximate surface area is 78.6 Å². The van der Waals surface area contributed by atoms with Crippen LogP contribution in [-0.2, 0) is 5.41 Å². The van der Waals surface area contributed by atoms with E-state index < -0.39 is 0 Å². The Morgan fingerprint density at radius 2 is 1.83 bits per heavy atom. The number of benzene rings is 1. The fraction of sp³-hybridized carbons (Fsp3) is 0.455. The molecular formula is C11H13Cl. The summed E-state index contributed by atoms with van der Waals surface area (Å²) in [6.07, 6.45) is 2.53. The average Bonchev–Trinajstić information content (AvgIpc) is 2.86. The first-order valence-corrected chi connectivity index (χ1v) is 4.93. The van der Waals surface area contributed by atoms with E-state index in [4.69, 9.17) is 11.6 Å². The van der Waals surface area contributed by atoms with Gasteiger partial charge >= 0.3 is 0 Å². The molecule has 0 spiro atoms. The van der Waals surface area contributed by atoms with Gasteiger partial charge in [0.1, 0.15) is 0 Å². The Balaban J connectivity index is 2.29. The molecule has 1 aliphatic rings. The summed E-state index contributed by atoms with van der Waals surface area (Å²) >= 11 is 5.93. The first-order valence-electron chi connectivity index (χ1n) is 4.40. The molecule has 1 fully saturated rings. The van der Waals surface area contributed by atoms with Gasteiger partial charge in [0.15, 0.2) is 0 Å². The molecule has 0 aliphatic heterocycles. The summed E-state index contributed by atoms with van der Waals surface area (Å²) in [6, 6.07) is 8.76. The van der Waals surface area contributed by atoms with Gasteiger partial charge in [-0.05, 0) is 25.3 Å². The van der Waals surface area contributed by atoms with Crippen LogP contribution in [-0.4, -0.2) is 5.88 Å². The first kappa shape index (κ1) is 8.12. The van der Waals surface area contributed by atoms with Crippen LogP contribution >= 0.6 is 11.6 Å². The van der Waals surface area contributed by atoms with Gasteiger partial charge in [-0.2, -0.15) is 0 Å². The van der Waals surface area contributed by atoms with Gasteiger partial charge in [-0.15, -0.1) is 11.6 Å². The molecule has 1 aliphatic carbocycles. The molecule has 1 aromatic carbocycles. The Morgan fingerprint density at radius 1 is 1.25 bits per heavy atom. The van der Waals surface area contributed by atoms with Crippen molar-refractivity contribution < 1.29 is 0 Å². The average molecular weight is 181 g/mol. The van der Waals surface area contributed by atoms with Crippen molar-refractivity contribution in [3.05, 3.63) is 35.4 Å². The molecule has 0 N–H and O–H groups in total. The maximum absolute atomic E-state index is 5.93. The minimum absolute atomic E-state index is 0.343. The van der Waals surface area contributed by atoms with Gasteiger partial charge in [0.2, 0.25) is 0 Å². The van der Waals surface area contributed by atoms with Crippen molar-refractivity contribution in [1.29, 1.82) is 0 Å². The van der Waals surface area contributed by atoms with Crippen LogP contribution in [0.25, 0.3) is 0 Å². The highest BCUT2D eigenvalue weighted by molar-refractivity contribution is 6.19. The smallest absolute Gasteiger partial charge is 0.0320 e. The summed E-state index contributed by atoms with van der Waals surface area (Å²) in [5.74, 6) is 0.774. The summed E-state index contributed by atoms with van der Waals surface area (Å²) in [7, 11) is 0. The van der Waals surface area contributed by atoms with Gasteiger partial charge in [0.25, 0.3) is 0 Å². The van der Waals surface area contributed by atoms with E-state index in [2.05, 4.69) is 31.2 Å². The Kier molecular flexibility index (Phi) is 1.88. The van der Waals surface area contributed by atoms with E-state index in [0.717, 1.165) is 5.88 Å². The van der Waals surface area contributed by atoms with Crippen molar-refractivity contribution in [2.75, 3.05) is 5.88 Å². The van der Waals surface area contributed by atoms with Gasteiger partial charge < -0.3 is 0 Å². The largest absolute Gasteiger partial charge is 0.126 e. The zero-order valence-electron chi connectivity index (χ0n) is 7.31. The third-order valence-electron chi connectivity index (χ3n) is 2.77. The van der Waals surface area contributed by atoms with Gasteiger partial charge in [-0.25, -0.2) is 0 Å². The van der Waals surface area contributed by atoms with E-state index in [1.807, 2.05) is 0 Å². The molecule has 0 aromatic heterocycles. The second-order valence-electron chi connectivity index (χ2n) is 3.78. The molecule has 0 atom stereocenters. The molecule has 2 rings (SSSR count). The van der Waals surface area contributed by atoms with Crippen LogP contribution in [0, 0.1) is 6.92 Å². The lowest BCUT2D eigenvalue weighted by atomic mass is 9.97. The number of rotatable bonds is 2. The normalized spacial score (nSPS) is 19.2. The number of hydrogen-bond acceptors (Lipinski definition) is 0. The van der Waals surface area contributed by atoms with E-state index in [-0.39, 0.29) is 0 Å². The summed E-state index contributed by atoms with van der Waals surface area (Å²) in [5.41, 5.74) is 3.09. The number of hydrogen-bond donors (Lipinski definition) is 0. The molecule has 0 heterocycles. The molecule has 1 heteroatoms. The third kappa shape index (κ3) is 1.25. The van der Waals surface area contributed by atoms with E-state index >= 15 is 0 Å². The monoisotopic (exact) mass is 180 g/mol. The van der Waals surface area contributed by atoms with Crippen LogP contribution < -0.4 is 0 Å². The number of halogens is 1. The molecule has 64 valence electrons. The van der Waals surface area contributed by atoms with Crippen LogP contribution in [0.15, 0.2) is 24.3 Å². The summed E-state index contributed by atoms with van der Waals surface area (Å²) < 4.78 is 0. The van der Waals surface area contributed by atoms with Crippen molar-refractivity contribution >= 4 is 11.6 Å². The topological polar surface area (TPSA) is 0 Å². The van der Waals surface area contributed by atoms with Crippen molar-refractivity contribution in [3.8, 4) is 0 Å². The lowest BCUT2D eigenvalue weighted by Crippen LogP contribution is -2.07. The maximum Gasteiger partial charge on any atom is 0.0320 e. The van der Waals surface area contributed by atoms with E-state index in [0.29, 0.717) is 5.41 Å². The lowest BCUT2D eigenvalue weighted by molar-refractivity contribution is 0.796. The standard InChI is InChI=1S/C11H13Cl/c1-9-2-4-10(5-3-9)11(8-12)6-7-11/h2-5H,6-8H2,1H3. The lowest BCUT2D eigenvalue weighted by Gasteiger charge is -2.11. The highest BCUT2D eigenvalue weighted by Crippen LogP contribution is 2.48. The molecule has 0 nitrogen and oxygen atoms in total. The van der Waals surface area contributed by atoms with Gasteiger partial charge in [-0.1, -0.05) is 29.8 Å². The van der Waals surface area contributed by atoms with Crippen LogP contribution in [0.1, 0.15) is 24.0 Å². The Hall–Kier alpha value is -0.490. The molecule has 0 unspecified atom stereocenters. The van der Waals surface area contributed by atoms with Crippen molar-refractivity contribution in [2.24, 2.45) is 0 Å². The summed E-state index contributed by atoms with van der Waals surface area (Å²) in [5, 5.41) is 0. The van der Waals surface area contributed by atoms with Crippen LogP contribution in [0.3, 0.4) is 0 Å². The zero-order valence-corrected chi connectivity index (χ0v) is 8.06. The fourth-order valence-electron chi connectivity index (χ4n) is 1.56. The highest BCUT2D eigenvalue weighted by atomic mass is 35.5. The molecule has 12 heavy (non-hydrogen) atoms. The highest BCUT2D eigenvalue weighted by Gasteiger charge is 2.43. The van der Waals surface area contributed by atoms with Crippen molar-refractivity contribution in [1.82, 2.24) is 0 Å². The number of alkyl halides is 1. The Bertz CT molecular complexity index is 270. The quantitative estimate of drug-likeness (QED) is 0.613. The predicted octanol–water partition coefficient (Wildman–Crippen LogP) is 3.27. The van der Waals surface area contributed by atoms with E-state index in [1.54, 1.807) is 0 Å². The number of aryl methyl sites for hydroxylation is 1. The molecule has 0 saturated heterocycles.